The van der Waals surface area contributed by atoms with E-state index in [2.05, 4.69) is 14.8 Å². The molecule has 1 aromatic carbocycles. The first-order valence-electron chi connectivity index (χ1n) is 7.23. The molecule has 4 nitrogen and oxygen atoms in total. The summed E-state index contributed by atoms with van der Waals surface area (Å²) >= 11 is 1.25. The third-order valence-corrected chi connectivity index (χ3v) is 4.84. The number of hydrogen-bond donors (Lipinski definition) is 1. The predicted molar refractivity (Wildman–Crippen MR) is 78.7 cm³/mol. The minimum atomic E-state index is -0.713. The number of nitrogens with zero attached hydrogens (tertiary/aromatic N) is 3. The normalized spacial score (nSPS) is 16.3. The molecule has 6 heteroatoms. The monoisotopic (exact) mass is 307 g/mol. The van der Waals surface area contributed by atoms with E-state index in [0.29, 0.717) is 15.6 Å². The van der Waals surface area contributed by atoms with Crippen LogP contribution in [0, 0.1) is 5.82 Å². The van der Waals surface area contributed by atoms with Gasteiger partial charge in [-0.2, -0.15) is 0 Å². The van der Waals surface area contributed by atoms with E-state index in [1.807, 2.05) is 0 Å². The van der Waals surface area contributed by atoms with E-state index in [0.717, 1.165) is 31.6 Å². The van der Waals surface area contributed by atoms with Gasteiger partial charge in [0.2, 0.25) is 0 Å². The molecule has 0 aliphatic carbocycles. The number of halogens is 1. The van der Waals surface area contributed by atoms with Gasteiger partial charge >= 0.3 is 0 Å². The Labute approximate surface area is 127 Å². The summed E-state index contributed by atoms with van der Waals surface area (Å²) in [6, 6.07) is 4.77. The molecule has 1 aliphatic rings. The van der Waals surface area contributed by atoms with Crippen molar-refractivity contribution in [3.8, 4) is 0 Å². The summed E-state index contributed by atoms with van der Waals surface area (Å²) in [5.74, 6) is 0.648. The van der Waals surface area contributed by atoms with Crippen LogP contribution >= 0.6 is 11.8 Å². The van der Waals surface area contributed by atoms with Crippen LogP contribution < -0.4 is 0 Å². The Kier molecular flexibility index (Phi) is 4.26. The highest BCUT2D eigenvalue weighted by Crippen LogP contribution is 2.35. The molecule has 1 atom stereocenters. The van der Waals surface area contributed by atoms with Crippen molar-refractivity contribution < 1.29 is 9.50 Å². The summed E-state index contributed by atoms with van der Waals surface area (Å²) in [6.07, 6.45) is 3.62. The Hall–Kier alpha value is -1.40. The smallest absolute Gasteiger partial charge is 0.196 e. The average molecular weight is 307 g/mol. The van der Waals surface area contributed by atoms with Crippen molar-refractivity contribution in [2.24, 2.45) is 0 Å². The van der Waals surface area contributed by atoms with Crippen molar-refractivity contribution >= 4 is 11.8 Å². The maximum Gasteiger partial charge on any atom is 0.196 e. The van der Waals surface area contributed by atoms with Crippen LogP contribution in [0.3, 0.4) is 0 Å². The summed E-state index contributed by atoms with van der Waals surface area (Å²) in [4.78, 5) is 0.437. The summed E-state index contributed by atoms with van der Waals surface area (Å²) < 4.78 is 16.2. The fourth-order valence-corrected chi connectivity index (χ4v) is 3.68. The number of fused-ring (bicyclic) bond motifs is 1. The zero-order valence-electron chi connectivity index (χ0n) is 11.9. The van der Waals surface area contributed by atoms with Gasteiger partial charge in [0, 0.05) is 13.0 Å². The van der Waals surface area contributed by atoms with E-state index in [9.17, 15) is 9.50 Å². The Morgan fingerprint density at radius 3 is 2.95 bits per heavy atom. The van der Waals surface area contributed by atoms with Crippen LogP contribution in [0.5, 0.6) is 0 Å². The van der Waals surface area contributed by atoms with Gasteiger partial charge in [0.15, 0.2) is 5.16 Å². The fourth-order valence-electron chi connectivity index (χ4n) is 2.59. The van der Waals surface area contributed by atoms with Gasteiger partial charge in [0.05, 0.1) is 11.0 Å². The van der Waals surface area contributed by atoms with Crippen molar-refractivity contribution in [1.82, 2.24) is 14.8 Å². The number of aryl methyl sites for hydroxylation is 1. The molecule has 1 aromatic heterocycles. The van der Waals surface area contributed by atoms with Crippen molar-refractivity contribution in [3.05, 3.63) is 35.4 Å². The van der Waals surface area contributed by atoms with Gasteiger partial charge in [-0.15, -0.1) is 10.2 Å². The standard InChI is InChI=1S/C15H18FN3OS/c1-10(20)11-6-5-7-12(16)14(11)21-15-18-17-13-8-3-2-4-9-19(13)15/h5-7,10,20H,2-4,8-9H2,1H3/t10-/m1/s1. The minimum absolute atomic E-state index is 0.329. The van der Waals surface area contributed by atoms with Crippen LogP contribution in [0.25, 0.3) is 0 Å². The number of aromatic nitrogens is 3. The number of aliphatic hydroxyl groups is 1. The Morgan fingerprint density at radius 1 is 1.29 bits per heavy atom. The molecule has 1 N–H and O–H groups in total. The van der Waals surface area contributed by atoms with Gasteiger partial charge in [-0.3, -0.25) is 0 Å². The van der Waals surface area contributed by atoms with Gasteiger partial charge in [-0.1, -0.05) is 18.6 Å². The molecule has 0 bridgehead atoms. The molecule has 0 unspecified atom stereocenters. The Balaban J connectivity index is 1.96. The lowest BCUT2D eigenvalue weighted by atomic mass is 10.1. The quantitative estimate of drug-likeness (QED) is 0.945. The zero-order valence-corrected chi connectivity index (χ0v) is 12.7. The molecule has 3 rings (SSSR count). The summed E-state index contributed by atoms with van der Waals surface area (Å²) in [7, 11) is 0. The summed E-state index contributed by atoms with van der Waals surface area (Å²) in [5, 5.41) is 19.0. The summed E-state index contributed by atoms with van der Waals surface area (Å²) in [6.45, 7) is 2.52. The lowest BCUT2D eigenvalue weighted by Gasteiger charge is -2.12. The van der Waals surface area contributed by atoms with E-state index in [1.165, 1.54) is 24.2 Å². The molecular formula is C15H18FN3OS. The first-order chi connectivity index (χ1) is 10.2. The minimum Gasteiger partial charge on any atom is -0.389 e. The van der Waals surface area contributed by atoms with Crippen molar-refractivity contribution in [1.29, 1.82) is 0 Å². The van der Waals surface area contributed by atoms with Crippen LogP contribution in [-0.4, -0.2) is 19.9 Å². The van der Waals surface area contributed by atoms with E-state index in [1.54, 1.807) is 19.1 Å². The first kappa shape index (κ1) is 14.5. The van der Waals surface area contributed by atoms with Crippen molar-refractivity contribution in [2.75, 3.05) is 0 Å². The zero-order chi connectivity index (χ0) is 14.8. The lowest BCUT2D eigenvalue weighted by molar-refractivity contribution is 0.195. The van der Waals surface area contributed by atoms with Crippen LogP contribution in [0.2, 0.25) is 0 Å². The molecule has 0 spiro atoms. The third-order valence-electron chi connectivity index (χ3n) is 3.72. The SMILES string of the molecule is C[C@@H](O)c1cccc(F)c1Sc1nnc2n1CCCCC2. The molecule has 112 valence electrons. The van der Waals surface area contributed by atoms with Crippen LogP contribution in [0.1, 0.15) is 43.7 Å². The predicted octanol–water partition coefficient (Wildman–Crippen LogP) is 3.35. The lowest BCUT2D eigenvalue weighted by Crippen LogP contribution is -2.03. The molecule has 0 saturated heterocycles. The fraction of sp³-hybridized carbons (Fsp3) is 0.467. The largest absolute Gasteiger partial charge is 0.389 e. The highest BCUT2D eigenvalue weighted by molar-refractivity contribution is 7.99. The number of hydrogen-bond acceptors (Lipinski definition) is 4. The van der Waals surface area contributed by atoms with E-state index < -0.39 is 6.10 Å². The van der Waals surface area contributed by atoms with Crippen LogP contribution in [0.15, 0.2) is 28.3 Å². The van der Waals surface area contributed by atoms with Crippen LogP contribution in [-0.2, 0) is 13.0 Å². The van der Waals surface area contributed by atoms with Gasteiger partial charge in [-0.05, 0) is 43.2 Å². The Bertz CT molecular complexity index is 642. The second-order valence-corrected chi connectivity index (χ2v) is 6.27. The van der Waals surface area contributed by atoms with E-state index in [-0.39, 0.29) is 5.82 Å². The van der Waals surface area contributed by atoms with Crippen molar-refractivity contribution in [2.45, 2.75) is 55.3 Å². The van der Waals surface area contributed by atoms with Crippen LogP contribution in [0.4, 0.5) is 4.39 Å². The maximum atomic E-state index is 14.1. The van der Waals surface area contributed by atoms with E-state index >= 15 is 0 Å². The number of aliphatic hydroxyl groups excluding tert-OH is 1. The molecular weight excluding hydrogens is 289 g/mol. The van der Waals surface area contributed by atoms with Gasteiger partial charge in [0.25, 0.3) is 0 Å². The second kappa shape index (κ2) is 6.15. The average Bonchev–Trinajstić information content (AvgIpc) is 2.69. The Morgan fingerprint density at radius 2 is 2.14 bits per heavy atom. The number of benzene rings is 1. The van der Waals surface area contributed by atoms with E-state index in [4.69, 9.17) is 0 Å². The maximum absolute atomic E-state index is 14.1. The summed E-state index contributed by atoms with van der Waals surface area (Å²) in [5.41, 5.74) is 0.589. The van der Waals surface area contributed by atoms with Gasteiger partial charge in [-0.25, -0.2) is 4.39 Å². The molecule has 21 heavy (non-hydrogen) atoms. The molecule has 0 radical (unpaired) electrons. The molecule has 1 aliphatic heterocycles. The second-order valence-electron chi connectivity index (χ2n) is 5.30. The van der Waals surface area contributed by atoms with Gasteiger partial charge in [0.1, 0.15) is 11.6 Å². The highest BCUT2D eigenvalue weighted by atomic mass is 32.2. The molecule has 2 aromatic rings. The molecule has 0 fully saturated rings. The molecule has 0 amide bonds. The molecule has 2 heterocycles. The topological polar surface area (TPSA) is 50.9 Å². The first-order valence-corrected chi connectivity index (χ1v) is 8.05. The van der Waals surface area contributed by atoms with Crippen molar-refractivity contribution in [3.63, 3.8) is 0 Å². The number of rotatable bonds is 3. The highest BCUT2D eigenvalue weighted by Gasteiger charge is 2.20. The molecule has 0 saturated carbocycles. The third kappa shape index (κ3) is 2.96. The van der Waals surface area contributed by atoms with Gasteiger partial charge < -0.3 is 9.67 Å².